The van der Waals surface area contributed by atoms with Gasteiger partial charge in [0.15, 0.2) is 0 Å². The molecule has 0 radical (unpaired) electrons. The monoisotopic (exact) mass is 310 g/mol. The van der Waals surface area contributed by atoms with Crippen molar-refractivity contribution in [1.29, 1.82) is 0 Å². The standard InChI is InChI=1S/C16H19ClO4/c1-10(2)20-15(18)14(16(19)21-11(3)4)9-12-5-7-13(17)8-6-12/h5-11H,1-4H3. The highest BCUT2D eigenvalue weighted by Crippen LogP contribution is 2.15. The lowest BCUT2D eigenvalue weighted by atomic mass is 10.1. The molecule has 1 aromatic carbocycles. The number of rotatable bonds is 5. The summed E-state index contributed by atoms with van der Waals surface area (Å²) in [5.74, 6) is -1.41. The molecule has 0 aliphatic carbocycles. The molecule has 4 nitrogen and oxygen atoms in total. The summed E-state index contributed by atoms with van der Waals surface area (Å²) >= 11 is 5.81. The Morgan fingerprint density at radius 2 is 1.38 bits per heavy atom. The minimum Gasteiger partial charge on any atom is -0.459 e. The Morgan fingerprint density at radius 3 is 1.76 bits per heavy atom. The Bertz CT molecular complexity index is 506. The van der Waals surface area contributed by atoms with E-state index in [1.807, 2.05) is 0 Å². The number of carbonyl (C=O) groups excluding carboxylic acids is 2. The Kier molecular flexibility index (Phi) is 6.43. The van der Waals surface area contributed by atoms with E-state index in [4.69, 9.17) is 21.1 Å². The molecule has 0 heterocycles. The van der Waals surface area contributed by atoms with Gasteiger partial charge in [-0.05, 0) is 51.5 Å². The third kappa shape index (κ3) is 6.00. The second-order valence-electron chi connectivity index (χ2n) is 5.02. The van der Waals surface area contributed by atoms with E-state index in [0.29, 0.717) is 10.6 Å². The third-order valence-corrected chi connectivity index (χ3v) is 2.56. The molecule has 0 saturated carbocycles. The summed E-state index contributed by atoms with van der Waals surface area (Å²) in [6.45, 7) is 6.86. The summed E-state index contributed by atoms with van der Waals surface area (Å²) in [5, 5.41) is 0.572. The number of hydrogen-bond acceptors (Lipinski definition) is 4. The molecule has 114 valence electrons. The first-order valence-corrected chi connectivity index (χ1v) is 7.06. The molecule has 1 aromatic rings. The molecule has 0 bridgehead atoms. The van der Waals surface area contributed by atoms with Crippen LogP contribution in [0.25, 0.3) is 6.08 Å². The van der Waals surface area contributed by atoms with E-state index in [1.54, 1.807) is 52.0 Å². The molecule has 21 heavy (non-hydrogen) atoms. The van der Waals surface area contributed by atoms with E-state index in [1.165, 1.54) is 6.08 Å². The molecular formula is C16H19ClO4. The number of ether oxygens (including phenoxy) is 2. The van der Waals surface area contributed by atoms with E-state index < -0.39 is 11.9 Å². The fourth-order valence-corrected chi connectivity index (χ4v) is 1.61. The predicted octanol–water partition coefficient (Wildman–Crippen LogP) is 3.63. The van der Waals surface area contributed by atoms with Crippen molar-refractivity contribution in [3.8, 4) is 0 Å². The lowest BCUT2D eigenvalue weighted by Gasteiger charge is -2.12. The molecular weight excluding hydrogens is 292 g/mol. The highest BCUT2D eigenvalue weighted by molar-refractivity contribution is 6.30. The zero-order chi connectivity index (χ0) is 16.0. The number of halogens is 1. The van der Waals surface area contributed by atoms with Crippen molar-refractivity contribution in [2.45, 2.75) is 39.9 Å². The second kappa shape index (κ2) is 7.84. The van der Waals surface area contributed by atoms with Gasteiger partial charge in [-0.1, -0.05) is 23.7 Å². The van der Waals surface area contributed by atoms with Gasteiger partial charge in [-0.25, -0.2) is 9.59 Å². The Labute approximate surface area is 129 Å². The summed E-state index contributed by atoms with van der Waals surface area (Å²) in [7, 11) is 0. The first-order chi connectivity index (χ1) is 9.79. The normalized spacial score (nSPS) is 10.4. The minimum atomic E-state index is -0.703. The number of esters is 2. The summed E-state index contributed by atoms with van der Waals surface area (Å²) < 4.78 is 10.2. The van der Waals surface area contributed by atoms with Crippen LogP contribution in [0.15, 0.2) is 29.8 Å². The van der Waals surface area contributed by atoms with Crippen LogP contribution in [-0.2, 0) is 19.1 Å². The molecule has 5 heteroatoms. The number of hydrogen-bond donors (Lipinski definition) is 0. The van der Waals surface area contributed by atoms with Crippen molar-refractivity contribution in [2.75, 3.05) is 0 Å². The summed E-state index contributed by atoms with van der Waals surface area (Å²) in [6.07, 6.45) is 0.794. The largest absolute Gasteiger partial charge is 0.459 e. The minimum absolute atomic E-state index is 0.139. The molecule has 0 aliphatic rings. The summed E-state index contributed by atoms with van der Waals surface area (Å²) in [4.78, 5) is 24.1. The van der Waals surface area contributed by atoms with E-state index in [0.717, 1.165) is 0 Å². The SMILES string of the molecule is CC(C)OC(=O)C(=Cc1ccc(Cl)cc1)C(=O)OC(C)C. The molecule has 1 rings (SSSR count). The van der Waals surface area contributed by atoms with Crippen molar-refractivity contribution in [3.05, 3.63) is 40.4 Å². The summed E-state index contributed by atoms with van der Waals surface area (Å²) in [6, 6.07) is 6.75. The third-order valence-electron chi connectivity index (χ3n) is 2.31. The Morgan fingerprint density at radius 1 is 0.952 bits per heavy atom. The van der Waals surface area contributed by atoms with E-state index in [9.17, 15) is 9.59 Å². The molecule has 0 aromatic heterocycles. The van der Waals surface area contributed by atoms with Crippen LogP contribution in [0.5, 0.6) is 0 Å². The van der Waals surface area contributed by atoms with Crippen LogP contribution in [0.1, 0.15) is 33.3 Å². The molecule has 0 unspecified atom stereocenters. The van der Waals surface area contributed by atoms with Crippen LogP contribution in [0, 0.1) is 0 Å². The van der Waals surface area contributed by atoms with E-state index in [-0.39, 0.29) is 17.8 Å². The second-order valence-corrected chi connectivity index (χ2v) is 5.45. The van der Waals surface area contributed by atoms with Crippen LogP contribution in [0.2, 0.25) is 5.02 Å². The zero-order valence-corrected chi connectivity index (χ0v) is 13.3. The average molecular weight is 311 g/mol. The lowest BCUT2D eigenvalue weighted by molar-refractivity contribution is -0.150. The van der Waals surface area contributed by atoms with Crippen molar-refractivity contribution < 1.29 is 19.1 Å². The smallest absolute Gasteiger partial charge is 0.345 e. The quantitative estimate of drug-likeness (QED) is 0.361. The Balaban J connectivity index is 3.08. The van der Waals surface area contributed by atoms with Crippen molar-refractivity contribution in [1.82, 2.24) is 0 Å². The fraction of sp³-hybridized carbons (Fsp3) is 0.375. The highest BCUT2D eigenvalue weighted by atomic mass is 35.5. The van der Waals surface area contributed by atoms with E-state index in [2.05, 4.69) is 0 Å². The molecule has 0 amide bonds. The topological polar surface area (TPSA) is 52.6 Å². The van der Waals surface area contributed by atoms with Gasteiger partial charge in [0, 0.05) is 5.02 Å². The molecule has 0 saturated heterocycles. The zero-order valence-electron chi connectivity index (χ0n) is 12.6. The maximum absolute atomic E-state index is 12.0. The van der Waals surface area contributed by atoms with Crippen molar-refractivity contribution >= 4 is 29.6 Å². The number of benzene rings is 1. The van der Waals surface area contributed by atoms with Crippen LogP contribution >= 0.6 is 11.6 Å². The van der Waals surface area contributed by atoms with Gasteiger partial charge in [-0.15, -0.1) is 0 Å². The van der Waals surface area contributed by atoms with Crippen LogP contribution in [-0.4, -0.2) is 24.1 Å². The van der Waals surface area contributed by atoms with Gasteiger partial charge in [0.1, 0.15) is 5.57 Å². The molecule has 0 N–H and O–H groups in total. The van der Waals surface area contributed by atoms with E-state index >= 15 is 0 Å². The van der Waals surface area contributed by atoms with Gasteiger partial charge in [-0.2, -0.15) is 0 Å². The summed E-state index contributed by atoms with van der Waals surface area (Å²) in [5.41, 5.74) is 0.524. The van der Waals surface area contributed by atoms with Gasteiger partial charge in [0.25, 0.3) is 0 Å². The first kappa shape index (κ1) is 17.2. The molecule has 0 fully saturated rings. The van der Waals surface area contributed by atoms with Gasteiger partial charge in [0.05, 0.1) is 12.2 Å². The van der Waals surface area contributed by atoms with Crippen LogP contribution in [0.3, 0.4) is 0 Å². The van der Waals surface area contributed by atoms with Gasteiger partial charge in [-0.3, -0.25) is 0 Å². The van der Waals surface area contributed by atoms with Crippen molar-refractivity contribution in [2.24, 2.45) is 0 Å². The lowest BCUT2D eigenvalue weighted by Crippen LogP contribution is -2.23. The fourth-order valence-electron chi connectivity index (χ4n) is 1.48. The molecule has 0 spiro atoms. The number of carbonyl (C=O) groups is 2. The van der Waals surface area contributed by atoms with Crippen LogP contribution in [0.4, 0.5) is 0 Å². The Hall–Kier alpha value is -1.81. The average Bonchev–Trinajstić information content (AvgIpc) is 2.36. The predicted molar refractivity (Wildman–Crippen MR) is 81.9 cm³/mol. The van der Waals surface area contributed by atoms with Gasteiger partial charge in [0.2, 0.25) is 0 Å². The first-order valence-electron chi connectivity index (χ1n) is 6.69. The van der Waals surface area contributed by atoms with Crippen molar-refractivity contribution in [3.63, 3.8) is 0 Å². The molecule has 0 atom stereocenters. The maximum Gasteiger partial charge on any atom is 0.345 e. The molecule has 0 aliphatic heterocycles. The van der Waals surface area contributed by atoms with Crippen LogP contribution < -0.4 is 0 Å². The van der Waals surface area contributed by atoms with Gasteiger partial charge < -0.3 is 9.47 Å². The maximum atomic E-state index is 12.0. The highest BCUT2D eigenvalue weighted by Gasteiger charge is 2.23. The van der Waals surface area contributed by atoms with Gasteiger partial charge >= 0.3 is 11.9 Å².